The molecule has 1 atom stereocenters. The van der Waals surface area contributed by atoms with Crippen LogP contribution in [0.1, 0.15) is 49.5 Å². The molecule has 8 heteroatoms. The van der Waals surface area contributed by atoms with Crippen molar-refractivity contribution in [1.29, 1.82) is 0 Å². The van der Waals surface area contributed by atoms with Gasteiger partial charge in [-0.1, -0.05) is 49.6 Å². The van der Waals surface area contributed by atoms with Crippen LogP contribution in [0.25, 0.3) is 0 Å². The topological polar surface area (TPSA) is 132 Å². The van der Waals surface area contributed by atoms with Crippen LogP contribution in [0.4, 0.5) is 0 Å². The van der Waals surface area contributed by atoms with Crippen LogP contribution < -0.4 is 5.32 Å². The number of hydrogen-bond donors (Lipinski definition) is 4. The molecule has 1 heterocycles. The number of H-pyrrole nitrogens is 1. The van der Waals surface area contributed by atoms with E-state index < -0.39 is 11.9 Å². The highest BCUT2D eigenvalue weighted by Crippen LogP contribution is 2.34. The number of rotatable bonds is 5. The van der Waals surface area contributed by atoms with Crippen LogP contribution in [-0.2, 0) is 20.8 Å². The van der Waals surface area contributed by atoms with E-state index in [1.54, 1.807) is 12.4 Å². The Hall–Kier alpha value is -3.16. The molecule has 1 aromatic carbocycles. The summed E-state index contributed by atoms with van der Waals surface area (Å²) in [5.41, 5.74) is 1.21. The second kappa shape index (κ2) is 10.9. The van der Waals surface area contributed by atoms with Crippen LogP contribution in [0, 0.1) is 5.92 Å². The summed E-state index contributed by atoms with van der Waals surface area (Å²) in [6, 6.07) is 10.5. The number of nitrogens with one attached hydrogen (secondary N) is 2. The molecule has 2 aromatic rings. The Morgan fingerprint density at radius 2 is 1.71 bits per heavy atom. The SMILES string of the molecule is O=C(Cc1ncc[nH]1)NC(c1ccccc1)C1CCCCC1.O=C(O)C(=O)O. The second-order valence-corrected chi connectivity index (χ2v) is 6.68. The van der Waals surface area contributed by atoms with Crippen LogP contribution in [-0.4, -0.2) is 38.0 Å². The fourth-order valence-electron chi connectivity index (χ4n) is 3.37. The maximum Gasteiger partial charge on any atom is 0.414 e. The summed E-state index contributed by atoms with van der Waals surface area (Å²) < 4.78 is 0. The van der Waals surface area contributed by atoms with Crippen molar-refractivity contribution in [2.75, 3.05) is 0 Å². The molecular formula is C20H25N3O5. The van der Waals surface area contributed by atoms with Crippen LogP contribution in [0.5, 0.6) is 0 Å². The van der Waals surface area contributed by atoms with E-state index in [-0.39, 0.29) is 11.9 Å². The number of aliphatic carboxylic acids is 2. The maximum absolute atomic E-state index is 12.4. The van der Waals surface area contributed by atoms with Gasteiger partial charge >= 0.3 is 11.9 Å². The van der Waals surface area contributed by atoms with Gasteiger partial charge in [0.25, 0.3) is 0 Å². The average Bonchev–Trinajstić information content (AvgIpc) is 3.21. The normalized spacial score (nSPS) is 15.0. The van der Waals surface area contributed by atoms with Gasteiger partial charge in [-0.15, -0.1) is 0 Å². The Labute approximate surface area is 163 Å². The molecule has 1 aromatic heterocycles. The molecule has 0 bridgehead atoms. The van der Waals surface area contributed by atoms with Crippen LogP contribution in [0.2, 0.25) is 0 Å². The van der Waals surface area contributed by atoms with E-state index in [2.05, 4.69) is 27.4 Å². The molecule has 1 fully saturated rings. The van der Waals surface area contributed by atoms with Gasteiger partial charge in [0.05, 0.1) is 12.5 Å². The number of nitrogens with zero attached hydrogens (tertiary/aromatic N) is 1. The lowest BCUT2D eigenvalue weighted by molar-refractivity contribution is -0.159. The number of carbonyl (C=O) groups excluding carboxylic acids is 1. The standard InChI is InChI=1S/C18H23N3O.C2H2O4/c22-17(13-16-19-11-12-20-16)21-18(14-7-3-1-4-8-14)15-9-5-2-6-10-15;3-1(4)2(5)6/h1,3-4,7-8,11-12,15,18H,2,5-6,9-10,13H2,(H,19,20)(H,21,22);(H,3,4)(H,5,6). The fraction of sp³-hybridized carbons (Fsp3) is 0.400. The Bertz CT molecular complexity index is 743. The fourth-order valence-corrected chi connectivity index (χ4v) is 3.37. The quantitative estimate of drug-likeness (QED) is 0.583. The Kier molecular flexibility index (Phi) is 8.20. The number of carbonyl (C=O) groups is 3. The van der Waals surface area contributed by atoms with E-state index in [9.17, 15) is 4.79 Å². The van der Waals surface area contributed by atoms with E-state index >= 15 is 0 Å². The summed E-state index contributed by atoms with van der Waals surface area (Å²) in [4.78, 5) is 37.7. The molecule has 0 spiro atoms. The third-order valence-corrected chi connectivity index (χ3v) is 4.66. The lowest BCUT2D eigenvalue weighted by atomic mass is 9.81. The smallest absolute Gasteiger partial charge is 0.414 e. The first-order valence-electron chi connectivity index (χ1n) is 9.26. The third-order valence-electron chi connectivity index (χ3n) is 4.66. The predicted octanol–water partition coefficient (Wildman–Crippen LogP) is 2.55. The zero-order chi connectivity index (χ0) is 20.4. The average molecular weight is 387 g/mol. The molecule has 150 valence electrons. The number of amides is 1. The molecule has 3 rings (SSSR count). The van der Waals surface area contributed by atoms with Gasteiger partial charge in [-0.25, -0.2) is 14.6 Å². The van der Waals surface area contributed by atoms with E-state index in [0.717, 1.165) is 0 Å². The first-order valence-corrected chi connectivity index (χ1v) is 9.26. The molecule has 1 saturated carbocycles. The van der Waals surface area contributed by atoms with Crippen molar-refractivity contribution >= 4 is 17.8 Å². The minimum absolute atomic E-state index is 0.0365. The van der Waals surface area contributed by atoms with Crippen molar-refractivity contribution < 1.29 is 24.6 Å². The van der Waals surface area contributed by atoms with Gasteiger partial charge < -0.3 is 20.5 Å². The lowest BCUT2D eigenvalue weighted by Crippen LogP contribution is -2.35. The Balaban J connectivity index is 0.000000409. The van der Waals surface area contributed by atoms with Crippen molar-refractivity contribution in [3.05, 3.63) is 54.1 Å². The minimum atomic E-state index is -1.82. The molecule has 0 saturated heterocycles. The number of imidazole rings is 1. The largest absolute Gasteiger partial charge is 0.473 e. The van der Waals surface area contributed by atoms with E-state index in [1.165, 1.54) is 37.7 Å². The summed E-state index contributed by atoms with van der Waals surface area (Å²) >= 11 is 0. The number of carboxylic acids is 2. The molecule has 1 amide bonds. The first kappa shape index (κ1) is 21.1. The first-order chi connectivity index (χ1) is 13.5. The van der Waals surface area contributed by atoms with E-state index in [0.29, 0.717) is 18.2 Å². The number of hydrogen-bond acceptors (Lipinski definition) is 4. The zero-order valence-corrected chi connectivity index (χ0v) is 15.5. The molecule has 8 nitrogen and oxygen atoms in total. The van der Waals surface area contributed by atoms with Crippen molar-refractivity contribution in [2.45, 2.75) is 44.6 Å². The summed E-state index contributed by atoms with van der Waals surface area (Å²) in [5, 5.41) is 18.0. The molecule has 1 unspecified atom stereocenters. The van der Waals surface area contributed by atoms with Crippen LogP contribution in [0.15, 0.2) is 42.7 Å². The van der Waals surface area contributed by atoms with Crippen LogP contribution in [0.3, 0.4) is 0 Å². The highest BCUT2D eigenvalue weighted by atomic mass is 16.4. The van der Waals surface area contributed by atoms with E-state index in [1.807, 2.05) is 18.2 Å². The highest BCUT2D eigenvalue weighted by molar-refractivity contribution is 6.27. The Morgan fingerprint density at radius 1 is 1.07 bits per heavy atom. The van der Waals surface area contributed by atoms with Gasteiger partial charge in [0, 0.05) is 12.4 Å². The third kappa shape index (κ3) is 6.86. The molecule has 4 N–H and O–H groups in total. The van der Waals surface area contributed by atoms with Gasteiger partial charge in [-0.05, 0) is 24.3 Å². The van der Waals surface area contributed by atoms with Crippen LogP contribution >= 0.6 is 0 Å². The highest BCUT2D eigenvalue weighted by Gasteiger charge is 2.26. The maximum atomic E-state index is 12.4. The van der Waals surface area contributed by atoms with Gasteiger partial charge in [0.15, 0.2) is 0 Å². The minimum Gasteiger partial charge on any atom is -0.473 e. The number of carboxylic acid groups (broad SMARTS) is 2. The molecule has 1 aliphatic carbocycles. The van der Waals surface area contributed by atoms with Crippen molar-refractivity contribution in [2.24, 2.45) is 5.92 Å². The van der Waals surface area contributed by atoms with Gasteiger partial charge in [0.1, 0.15) is 5.82 Å². The monoisotopic (exact) mass is 387 g/mol. The van der Waals surface area contributed by atoms with E-state index in [4.69, 9.17) is 19.8 Å². The number of aromatic nitrogens is 2. The van der Waals surface area contributed by atoms with Crippen molar-refractivity contribution in [3.63, 3.8) is 0 Å². The van der Waals surface area contributed by atoms with Crippen molar-refractivity contribution in [1.82, 2.24) is 15.3 Å². The summed E-state index contributed by atoms with van der Waals surface area (Å²) in [6.07, 6.45) is 9.98. The Morgan fingerprint density at radius 3 is 2.25 bits per heavy atom. The summed E-state index contributed by atoms with van der Waals surface area (Å²) in [5.74, 6) is -2.36. The predicted molar refractivity (Wildman–Crippen MR) is 101 cm³/mol. The molecular weight excluding hydrogens is 362 g/mol. The molecule has 28 heavy (non-hydrogen) atoms. The van der Waals surface area contributed by atoms with Gasteiger partial charge in [-0.3, -0.25) is 4.79 Å². The number of aromatic amines is 1. The molecule has 0 aliphatic heterocycles. The molecule has 1 aliphatic rings. The summed E-state index contributed by atoms with van der Waals surface area (Å²) in [7, 11) is 0. The molecule has 0 radical (unpaired) electrons. The van der Waals surface area contributed by atoms with Crippen molar-refractivity contribution in [3.8, 4) is 0 Å². The second-order valence-electron chi connectivity index (χ2n) is 6.68. The van der Waals surface area contributed by atoms with Gasteiger partial charge in [-0.2, -0.15) is 0 Å². The van der Waals surface area contributed by atoms with Gasteiger partial charge in [0.2, 0.25) is 5.91 Å². The number of benzene rings is 1. The lowest BCUT2D eigenvalue weighted by Gasteiger charge is -2.31. The zero-order valence-electron chi connectivity index (χ0n) is 15.5. The summed E-state index contributed by atoms with van der Waals surface area (Å²) in [6.45, 7) is 0.